The third-order valence-electron chi connectivity index (χ3n) is 1.66. The van der Waals surface area contributed by atoms with Crippen LogP contribution in [0.4, 0.5) is 4.39 Å². The number of carboxylic acid groups (broad SMARTS) is 1. The Balaban J connectivity index is 3.23. The lowest BCUT2D eigenvalue weighted by atomic mass is 10.2. The summed E-state index contributed by atoms with van der Waals surface area (Å²) < 4.78 is 35.9. The summed E-state index contributed by atoms with van der Waals surface area (Å²) >= 11 is 0. The van der Waals surface area contributed by atoms with E-state index in [9.17, 15) is 17.6 Å². The average Bonchev–Trinajstić information content (AvgIpc) is 2.16. The monoisotopic (exact) mass is 249 g/mol. The van der Waals surface area contributed by atoms with E-state index in [2.05, 4.69) is 4.84 Å². The van der Waals surface area contributed by atoms with E-state index in [0.717, 1.165) is 19.2 Å². The summed E-state index contributed by atoms with van der Waals surface area (Å²) in [5, 5.41) is 8.55. The molecule has 88 valence electrons. The van der Waals surface area contributed by atoms with Crippen LogP contribution in [-0.2, 0) is 14.9 Å². The van der Waals surface area contributed by atoms with Crippen molar-refractivity contribution in [3.63, 3.8) is 0 Å². The molecule has 0 spiro atoms. The van der Waals surface area contributed by atoms with Crippen LogP contribution in [0.25, 0.3) is 0 Å². The first-order valence-electron chi connectivity index (χ1n) is 3.96. The Hall–Kier alpha value is -1.51. The van der Waals surface area contributed by atoms with Gasteiger partial charge in [0.05, 0.1) is 12.7 Å². The maximum atomic E-state index is 13.3. The second-order valence-electron chi connectivity index (χ2n) is 2.74. The van der Waals surface area contributed by atoms with Crippen LogP contribution < -0.4 is 4.89 Å². The van der Waals surface area contributed by atoms with Gasteiger partial charge in [-0.2, -0.15) is 0 Å². The Morgan fingerprint density at radius 2 is 2.12 bits per heavy atom. The van der Waals surface area contributed by atoms with Gasteiger partial charge < -0.3 is 5.11 Å². The van der Waals surface area contributed by atoms with Crippen LogP contribution in [0.2, 0.25) is 0 Å². The van der Waals surface area contributed by atoms with Crippen LogP contribution in [0.1, 0.15) is 10.4 Å². The van der Waals surface area contributed by atoms with Crippen LogP contribution in [0, 0.1) is 5.82 Å². The first-order valence-corrected chi connectivity index (χ1v) is 5.44. The normalized spacial score (nSPS) is 11.4. The molecule has 0 unspecified atom stereocenters. The number of rotatable bonds is 4. The summed E-state index contributed by atoms with van der Waals surface area (Å²) in [6.07, 6.45) is 0. The van der Waals surface area contributed by atoms with Crippen LogP contribution in [0.5, 0.6) is 0 Å². The SMILES string of the molecule is CONS(=O)(=O)c1ccc(C(=O)O)cc1F. The highest BCUT2D eigenvalue weighted by Gasteiger charge is 2.20. The van der Waals surface area contributed by atoms with Crippen LogP contribution in [0.15, 0.2) is 23.1 Å². The molecule has 1 rings (SSSR count). The smallest absolute Gasteiger partial charge is 0.335 e. The maximum absolute atomic E-state index is 13.3. The highest BCUT2D eigenvalue weighted by molar-refractivity contribution is 7.89. The van der Waals surface area contributed by atoms with Gasteiger partial charge in [-0.25, -0.2) is 17.6 Å². The average molecular weight is 249 g/mol. The van der Waals surface area contributed by atoms with Crippen LogP contribution in [0.3, 0.4) is 0 Å². The lowest BCUT2D eigenvalue weighted by molar-refractivity contribution is 0.0696. The molecule has 2 N–H and O–H groups in total. The highest BCUT2D eigenvalue weighted by atomic mass is 32.2. The molecular weight excluding hydrogens is 241 g/mol. The summed E-state index contributed by atoms with van der Waals surface area (Å²) in [7, 11) is -3.07. The third-order valence-corrected chi connectivity index (χ3v) is 2.96. The van der Waals surface area contributed by atoms with E-state index >= 15 is 0 Å². The van der Waals surface area contributed by atoms with Gasteiger partial charge >= 0.3 is 5.97 Å². The fourth-order valence-electron chi connectivity index (χ4n) is 1.01. The minimum atomic E-state index is -4.12. The molecule has 1 aromatic rings. The van der Waals surface area contributed by atoms with E-state index < -0.39 is 26.7 Å². The van der Waals surface area contributed by atoms with Gasteiger partial charge in [0.25, 0.3) is 10.0 Å². The molecule has 16 heavy (non-hydrogen) atoms. The van der Waals surface area contributed by atoms with Crippen molar-refractivity contribution in [2.75, 3.05) is 7.11 Å². The molecule has 0 aliphatic rings. The topological polar surface area (TPSA) is 92.7 Å². The number of carboxylic acids is 1. The fourth-order valence-corrected chi connectivity index (χ4v) is 1.88. The molecule has 0 aliphatic carbocycles. The van der Waals surface area contributed by atoms with Crippen molar-refractivity contribution in [2.45, 2.75) is 4.90 Å². The molecule has 0 aromatic heterocycles. The van der Waals surface area contributed by atoms with Crippen molar-refractivity contribution in [2.24, 2.45) is 0 Å². The second-order valence-corrected chi connectivity index (χ2v) is 4.35. The van der Waals surface area contributed by atoms with Gasteiger partial charge in [-0.1, -0.05) is 4.89 Å². The molecule has 0 fully saturated rings. The first-order chi connectivity index (χ1) is 7.38. The van der Waals surface area contributed by atoms with Crippen molar-refractivity contribution in [1.82, 2.24) is 4.89 Å². The van der Waals surface area contributed by atoms with Crippen molar-refractivity contribution < 1.29 is 27.5 Å². The quantitative estimate of drug-likeness (QED) is 0.752. The summed E-state index contributed by atoms with van der Waals surface area (Å²) in [5.74, 6) is -2.51. The van der Waals surface area contributed by atoms with Crippen molar-refractivity contribution in [1.29, 1.82) is 0 Å². The Morgan fingerprint density at radius 3 is 2.56 bits per heavy atom. The minimum Gasteiger partial charge on any atom is -0.478 e. The zero-order chi connectivity index (χ0) is 12.3. The van der Waals surface area contributed by atoms with Gasteiger partial charge in [-0.05, 0) is 18.2 Å². The number of hydrogen-bond donors (Lipinski definition) is 2. The first kappa shape index (κ1) is 12.6. The molecule has 1 aromatic carbocycles. The zero-order valence-electron chi connectivity index (χ0n) is 8.10. The number of nitrogens with one attached hydrogen (secondary N) is 1. The molecule has 0 atom stereocenters. The molecule has 0 bridgehead atoms. The molecule has 0 saturated heterocycles. The van der Waals surface area contributed by atoms with Crippen molar-refractivity contribution >= 4 is 16.0 Å². The van der Waals surface area contributed by atoms with Crippen molar-refractivity contribution in [3.8, 4) is 0 Å². The summed E-state index contributed by atoms with van der Waals surface area (Å²) in [6.45, 7) is 0. The summed E-state index contributed by atoms with van der Waals surface area (Å²) in [5.41, 5.74) is -0.339. The molecule has 0 amide bonds. The maximum Gasteiger partial charge on any atom is 0.335 e. The Morgan fingerprint density at radius 1 is 1.50 bits per heavy atom. The zero-order valence-corrected chi connectivity index (χ0v) is 8.91. The Kier molecular flexibility index (Phi) is 3.58. The standard InChI is InChI=1S/C8H8FNO5S/c1-15-10-16(13,14)7-3-2-5(8(11)12)4-6(7)9/h2-4,10H,1H3,(H,11,12). The predicted molar refractivity (Wildman–Crippen MR) is 50.7 cm³/mol. The molecular formula is C8H8FNO5S. The van der Waals surface area contributed by atoms with Gasteiger partial charge in [-0.3, -0.25) is 4.84 Å². The van der Waals surface area contributed by atoms with E-state index in [4.69, 9.17) is 5.11 Å². The van der Waals surface area contributed by atoms with E-state index in [1.165, 1.54) is 0 Å². The fraction of sp³-hybridized carbons (Fsp3) is 0.125. The molecule has 0 heterocycles. The Labute approximate surface area is 90.7 Å². The lowest BCUT2D eigenvalue weighted by Gasteiger charge is -2.05. The highest BCUT2D eigenvalue weighted by Crippen LogP contribution is 2.15. The molecule has 0 radical (unpaired) electrons. The van der Waals surface area contributed by atoms with E-state index in [-0.39, 0.29) is 5.56 Å². The number of hydrogen-bond acceptors (Lipinski definition) is 4. The van der Waals surface area contributed by atoms with Gasteiger partial charge in [0, 0.05) is 0 Å². The molecule has 6 nitrogen and oxygen atoms in total. The Bertz CT molecular complexity index is 513. The lowest BCUT2D eigenvalue weighted by Crippen LogP contribution is -2.23. The van der Waals surface area contributed by atoms with E-state index in [1.54, 1.807) is 4.89 Å². The van der Waals surface area contributed by atoms with Gasteiger partial charge in [0.1, 0.15) is 10.7 Å². The number of aromatic carboxylic acids is 1. The van der Waals surface area contributed by atoms with Crippen molar-refractivity contribution in [3.05, 3.63) is 29.6 Å². The third kappa shape index (κ3) is 2.54. The number of sulfonamides is 1. The van der Waals surface area contributed by atoms with Crippen LogP contribution >= 0.6 is 0 Å². The van der Waals surface area contributed by atoms with Gasteiger partial charge in [0.2, 0.25) is 0 Å². The largest absolute Gasteiger partial charge is 0.478 e. The number of carbonyl (C=O) groups is 1. The van der Waals surface area contributed by atoms with Gasteiger partial charge in [0.15, 0.2) is 0 Å². The second kappa shape index (κ2) is 4.56. The summed E-state index contributed by atoms with van der Waals surface area (Å²) in [6, 6.07) is 2.45. The molecule has 0 aliphatic heterocycles. The number of benzene rings is 1. The molecule has 0 saturated carbocycles. The van der Waals surface area contributed by atoms with E-state index in [0.29, 0.717) is 6.07 Å². The van der Waals surface area contributed by atoms with E-state index in [1.807, 2.05) is 0 Å². The molecule has 8 heteroatoms. The van der Waals surface area contributed by atoms with Crippen LogP contribution in [-0.4, -0.2) is 26.6 Å². The summed E-state index contributed by atoms with van der Waals surface area (Å²) in [4.78, 5) is 15.6. The minimum absolute atomic E-state index is 0.339. The van der Waals surface area contributed by atoms with Gasteiger partial charge in [-0.15, -0.1) is 0 Å². The predicted octanol–water partition coefficient (Wildman–Crippen LogP) is 0.364. The number of halogens is 1.